The van der Waals surface area contributed by atoms with Gasteiger partial charge in [0.1, 0.15) is 11.9 Å². The summed E-state index contributed by atoms with van der Waals surface area (Å²) < 4.78 is 14.8. The number of carbonyl (C=O) groups excluding carboxylic acids is 2. The van der Waals surface area contributed by atoms with Gasteiger partial charge in [0.2, 0.25) is 11.8 Å². The molecule has 5 rings (SSSR count). The van der Waals surface area contributed by atoms with E-state index in [1.54, 1.807) is 12.3 Å². The van der Waals surface area contributed by atoms with Crippen molar-refractivity contribution in [2.24, 2.45) is 4.99 Å². The number of thiazole rings is 1. The summed E-state index contributed by atoms with van der Waals surface area (Å²) >= 11 is 6.56. The second kappa shape index (κ2) is 7.36. The molecule has 1 aromatic heterocycles. The van der Waals surface area contributed by atoms with Crippen LogP contribution in [0.4, 0.5) is 15.8 Å². The minimum atomic E-state index is -0.960. The number of fused-ring (bicyclic) bond motifs is 1. The Balaban J connectivity index is 1.51. The highest BCUT2D eigenvalue weighted by Crippen LogP contribution is 2.39. The molecule has 1 atom stereocenters. The van der Waals surface area contributed by atoms with E-state index in [4.69, 9.17) is 12.2 Å². The molecule has 1 fully saturated rings. The highest BCUT2D eigenvalue weighted by atomic mass is 32.1. The average molecular weight is 452 g/mol. The molecule has 0 spiro atoms. The van der Waals surface area contributed by atoms with Crippen molar-refractivity contribution in [3.63, 3.8) is 0 Å². The van der Waals surface area contributed by atoms with Gasteiger partial charge in [-0.15, -0.1) is 11.3 Å². The maximum absolute atomic E-state index is 13.2. The van der Waals surface area contributed by atoms with Gasteiger partial charge in [0.15, 0.2) is 3.95 Å². The lowest BCUT2D eigenvalue weighted by molar-refractivity contribution is -0.122. The van der Waals surface area contributed by atoms with Gasteiger partial charge >= 0.3 is 0 Å². The number of hydrogen-bond acceptors (Lipinski definition) is 6. The number of aliphatic imine (C=N–C) groups is 1. The molecule has 2 aromatic carbocycles. The van der Waals surface area contributed by atoms with Crippen LogP contribution in [0, 0.1) is 9.77 Å². The second-order valence-electron chi connectivity index (χ2n) is 7.06. The molecular weight excluding hydrogens is 437 g/mol. The number of halogens is 1. The Hall–Kier alpha value is -3.43. The van der Waals surface area contributed by atoms with Crippen molar-refractivity contribution in [1.82, 2.24) is 4.57 Å². The number of nitrogens with zero attached hydrogens (tertiary/aromatic N) is 3. The van der Waals surface area contributed by atoms with Crippen molar-refractivity contribution >= 4 is 64.6 Å². The quantitative estimate of drug-likeness (QED) is 0.455. The van der Waals surface area contributed by atoms with Crippen LogP contribution in [0.2, 0.25) is 0 Å². The van der Waals surface area contributed by atoms with Crippen molar-refractivity contribution in [2.45, 2.75) is 12.5 Å². The van der Waals surface area contributed by atoms with Gasteiger partial charge in [-0.3, -0.25) is 19.1 Å². The van der Waals surface area contributed by atoms with Crippen LogP contribution in [0.15, 0.2) is 53.5 Å². The monoisotopic (exact) mass is 451 g/mol. The van der Waals surface area contributed by atoms with Crippen LogP contribution in [-0.2, 0) is 9.59 Å². The Morgan fingerprint density at radius 3 is 2.68 bits per heavy atom. The van der Waals surface area contributed by atoms with Gasteiger partial charge in [0.25, 0.3) is 5.91 Å². The molecule has 1 saturated heterocycles. The molecule has 1 N–H and O–H groups in total. The first kappa shape index (κ1) is 19.5. The van der Waals surface area contributed by atoms with Crippen molar-refractivity contribution in [3.05, 3.63) is 68.7 Å². The number of anilines is 1. The summed E-state index contributed by atoms with van der Waals surface area (Å²) in [6, 6.07) is 11.8. The number of para-hydroxylation sites is 1. The van der Waals surface area contributed by atoms with Gasteiger partial charge in [-0.05, 0) is 48.6 Å². The SMILES string of the molecule is O=C1C[C@H](n2c(O)c(C=C3C=Nc4ccccc43)sc2=S)C(=O)N1c1ccc(F)cc1. The largest absolute Gasteiger partial charge is 0.493 e. The molecule has 9 heteroatoms. The maximum Gasteiger partial charge on any atom is 0.257 e. The van der Waals surface area contributed by atoms with E-state index in [1.807, 2.05) is 24.3 Å². The Morgan fingerprint density at radius 2 is 1.90 bits per heavy atom. The summed E-state index contributed by atoms with van der Waals surface area (Å²) in [5, 5.41) is 10.9. The van der Waals surface area contributed by atoms with Gasteiger partial charge in [0, 0.05) is 17.4 Å². The van der Waals surface area contributed by atoms with Crippen LogP contribution >= 0.6 is 23.6 Å². The average Bonchev–Trinajstić information content (AvgIpc) is 3.38. The Kier molecular flexibility index (Phi) is 4.64. The molecular formula is C22H14FN3O3S2. The lowest BCUT2D eigenvalue weighted by Gasteiger charge is -2.15. The van der Waals surface area contributed by atoms with Crippen LogP contribution in [0.5, 0.6) is 5.88 Å². The molecule has 2 aliphatic heterocycles. The van der Waals surface area contributed by atoms with Crippen molar-refractivity contribution in [1.29, 1.82) is 0 Å². The number of carbonyl (C=O) groups is 2. The third-order valence-corrected chi connectivity index (χ3v) is 6.54. The fourth-order valence-corrected chi connectivity index (χ4v) is 5.10. The van der Waals surface area contributed by atoms with E-state index >= 15 is 0 Å². The number of allylic oxidation sites excluding steroid dienone is 1. The number of aromatic nitrogens is 1. The van der Waals surface area contributed by atoms with E-state index in [1.165, 1.54) is 28.8 Å². The number of hydrogen-bond donors (Lipinski definition) is 1. The maximum atomic E-state index is 13.2. The predicted molar refractivity (Wildman–Crippen MR) is 120 cm³/mol. The van der Waals surface area contributed by atoms with E-state index in [0.29, 0.717) is 4.88 Å². The molecule has 31 heavy (non-hydrogen) atoms. The number of rotatable bonds is 3. The van der Waals surface area contributed by atoms with Crippen molar-refractivity contribution in [2.75, 3.05) is 4.90 Å². The number of amides is 2. The summed E-state index contributed by atoms with van der Waals surface area (Å²) in [5.41, 5.74) is 2.86. The molecule has 3 aromatic rings. The van der Waals surface area contributed by atoms with Crippen LogP contribution in [-0.4, -0.2) is 27.7 Å². The third kappa shape index (κ3) is 3.22. The van der Waals surface area contributed by atoms with Crippen LogP contribution in [0.25, 0.3) is 11.6 Å². The summed E-state index contributed by atoms with van der Waals surface area (Å²) in [7, 11) is 0. The van der Waals surface area contributed by atoms with E-state index in [0.717, 1.165) is 33.1 Å². The molecule has 0 unspecified atom stereocenters. The standard InChI is InChI=1S/C22H14FN3O3S2/c23-13-5-7-14(8-6-13)25-19(27)10-17(20(25)28)26-21(29)18(31-22(26)30)9-12-11-24-16-4-2-1-3-15(12)16/h1-9,11,17,29H,10H2/t17-/m0/s1. The zero-order valence-corrected chi connectivity index (χ0v) is 17.5. The molecule has 6 nitrogen and oxygen atoms in total. The van der Waals surface area contributed by atoms with E-state index in [9.17, 15) is 19.1 Å². The predicted octanol–water partition coefficient (Wildman–Crippen LogP) is 4.88. The minimum absolute atomic E-state index is 0.144. The second-order valence-corrected chi connectivity index (χ2v) is 8.74. The summed E-state index contributed by atoms with van der Waals surface area (Å²) in [6.45, 7) is 0. The third-order valence-electron chi connectivity index (χ3n) is 5.21. The first-order chi connectivity index (χ1) is 14.9. The van der Waals surface area contributed by atoms with E-state index in [-0.39, 0.29) is 21.9 Å². The fourth-order valence-electron chi connectivity index (χ4n) is 3.74. The Bertz CT molecular complexity index is 1360. The van der Waals surface area contributed by atoms with Crippen LogP contribution in [0.3, 0.4) is 0 Å². The summed E-state index contributed by atoms with van der Waals surface area (Å²) in [4.78, 5) is 31.4. The molecule has 3 heterocycles. The first-order valence-corrected chi connectivity index (χ1v) is 10.6. The van der Waals surface area contributed by atoms with E-state index < -0.39 is 23.7 Å². The molecule has 0 bridgehead atoms. The van der Waals surface area contributed by atoms with Crippen LogP contribution < -0.4 is 4.90 Å². The Labute approximate surface area is 185 Å². The van der Waals surface area contributed by atoms with Crippen molar-refractivity contribution < 1.29 is 19.1 Å². The zero-order valence-electron chi connectivity index (χ0n) is 15.9. The molecule has 0 radical (unpaired) electrons. The molecule has 0 saturated carbocycles. The van der Waals surface area contributed by atoms with Crippen LogP contribution in [0.1, 0.15) is 22.9 Å². The lowest BCUT2D eigenvalue weighted by Crippen LogP contribution is -2.31. The molecule has 2 amide bonds. The van der Waals surface area contributed by atoms with Gasteiger partial charge in [-0.25, -0.2) is 9.29 Å². The topological polar surface area (TPSA) is 74.9 Å². The fraction of sp³-hybridized carbons (Fsp3) is 0.0909. The van der Waals surface area contributed by atoms with E-state index in [2.05, 4.69) is 4.99 Å². The highest BCUT2D eigenvalue weighted by Gasteiger charge is 2.42. The number of benzene rings is 2. The van der Waals surface area contributed by atoms with Gasteiger partial charge in [-0.1, -0.05) is 18.2 Å². The van der Waals surface area contributed by atoms with Gasteiger partial charge in [0.05, 0.1) is 22.7 Å². The lowest BCUT2D eigenvalue weighted by atomic mass is 10.1. The number of aromatic hydroxyl groups is 1. The first-order valence-electron chi connectivity index (χ1n) is 9.36. The number of imide groups is 1. The zero-order chi connectivity index (χ0) is 21.7. The van der Waals surface area contributed by atoms with Gasteiger partial charge < -0.3 is 5.11 Å². The molecule has 154 valence electrons. The highest BCUT2D eigenvalue weighted by molar-refractivity contribution is 7.73. The summed E-state index contributed by atoms with van der Waals surface area (Å²) in [5.74, 6) is -1.60. The normalized spacial score (nSPS) is 18.9. The van der Waals surface area contributed by atoms with Gasteiger partial charge in [-0.2, -0.15) is 0 Å². The van der Waals surface area contributed by atoms with Crippen molar-refractivity contribution in [3.8, 4) is 5.88 Å². The smallest absolute Gasteiger partial charge is 0.257 e. The molecule has 2 aliphatic rings. The molecule has 0 aliphatic carbocycles. The Morgan fingerprint density at radius 1 is 1.16 bits per heavy atom. The minimum Gasteiger partial charge on any atom is -0.493 e. The summed E-state index contributed by atoms with van der Waals surface area (Å²) in [6.07, 6.45) is 3.33.